The number of nitro groups is 1. The average Bonchev–Trinajstić information content (AvgIpc) is 2.66. The van der Waals surface area contributed by atoms with Crippen LogP contribution in [0.1, 0.15) is 35.7 Å². The number of nitrogens with one attached hydrogen (secondary N) is 1. The largest absolute Gasteiger partial charge is 0.300 e. The van der Waals surface area contributed by atoms with Crippen LogP contribution in [-0.4, -0.2) is 4.92 Å². The Bertz CT molecular complexity index is 973. The van der Waals surface area contributed by atoms with Crippen LogP contribution >= 0.6 is 0 Å². The molecular formula is C21H17F3N2O2. The Kier molecular flexibility index (Phi) is 5.75. The monoisotopic (exact) mass is 386 g/mol. The van der Waals surface area contributed by atoms with Crippen molar-refractivity contribution in [3.63, 3.8) is 0 Å². The molecule has 0 fully saturated rings. The molecule has 7 heteroatoms. The van der Waals surface area contributed by atoms with Gasteiger partial charge in [0, 0.05) is 24.2 Å². The van der Waals surface area contributed by atoms with Gasteiger partial charge in [-0.05, 0) is 47.9 Å². The van der Waals surface area contributed by atoms with Gasteiger partial charge in [-0.1, -0.05) is 24.3 Å². The van der Waals surface area contributed by atoms with Crippen LogP contribution in [-0.2, 0) is 0 Å². The number of nitro benzene ring substituents is 1. The number of rotatable bonds is 6. The van der Waals surface area contributed by atoms with E-state index >= 15 is 0 Å². The molecule has 0 aromatic heterocycles. The zero-order chi connectivity index (χ0) is 20.3. The summed E-state index contributed by atoms with van der Waals surface area (Å²) in [6.07, 6.45) is 0. The fourth-order valence-corrected chi connectivity index (χ4v) is 3.03. The summed E-state index contributed by atoms with van der Waals surface area (Å²) >= 11 is 0. The van der Waals surface area contributed by atoms with Crippen molar-refractivity contribution in [2.75, 3.05) is 0 Å². The molecule has 3 rings (SSSR count). The van der Waals surface area contributed by atoms with E-state index < -0.39 is 34.5 Å². The lowest BCUT2D eigenvalue weighted by atomic mass is 9.96. The standard InChI is InChI=1S/C21H17F3N2O2/c1-13(16-9-18(23)12-19(24)10-16)25-21(14-5-7-17(22)8-6-14)15-3-2-4-20(11-15)26(27)28/h2-13,21,25H,1H3. The Morgan fingerprint density at radius 3 is 2.07 bits per heavy atom. The van der Waals surface area contributed by atoms with Crippen LogP contribution in [0, 0.1) is 27.6 Å². The van der Waals surface area contributed by atoms with Gasteiger partial charge in [0.2, 0.25) is 0 Å². The molecule has 0 heterocycles. The van der Waals surface area contributed by atoms with Gasteiger partial charge in [-0.3, -0.25) is 15.4 Å². The topological polar surface area (TPSA) is 55.2 Å². The third-order valence-corrected chi connectivity index (χ3v) is 4.42. The molecular weight excluding hydrogens is 369 g/mol. The molecule has 3 aromatic carbocycles. The number of nitrogens with zero attached hydrogens (tertiary/aromatic N) is 1. The second kappa shape index (κ2) is 8.22. The third kappa shape index (κ3) is 4.55. The van der Waals surface area contributed by atoms with Gasteiger partial charge in [-0.15, -0.1) is 0 Å². The molecule has 0 radical (unpaired) electrons. The van der Waals surface area contributed by atoms with Crippen molar-refractivity contribution in [3.05, 3.63) is 111 Å². The summed E-state index contributed by atoms with van der Waals surface area (Å²) in [6.45, 7) is 1.72. The number of halogens is 3. The summed E-state index contributed by atoms with van der Waals surface area (Å²) in [5, 5.41) is 14.4. The minimum atomic E-state index is -0.697. The van der Waals surface area contributed by atoms with Crippen molar-refractivity contribution in [3.8, 4) is 0 Å². The summed E-state index contributed by atoms with van der Waals surface area (Å²) in [5.41, 5.74) is 1.53. The highest BCUT2D eigenvalue weighted by molar-refractivity contribution is 5.40. The molecule has 2 atom stereocenters. The molecule has 4 nitrogen and oxygen atoms in total. The van der Waals surface area contributed by atoms with Crippen molar-refractivity contribution in [2.45, 2.75) is 19.0 Å². The van der Waals surface area contributed by atoms with Crippen LogP contribution in [0.15, 0.2) is 66.7 Å². The van der Waals surface area contributed by atoms with E-state index in [2.05, 4.69) is 5.32 Å². The van der Waals surface area contributed by atoms with Crippen molar-refractivity contribution < 1.29 is 18.1 Å². The molecule has 0 aliphatic carbocycles. The van der Waals surface area contributed by atoms with Crippen molar-refractivity contribution in [1.82, 2.24) is 5.32 Å². The smallest absolute Gasteiger partial charge is 0.269 e. The molecule has 0 saturated heterocycles. The lowest BCUT2D eigenvalue weighted by molar-refractivity contribution is -0.384. The first-order chi connectivity index (χ1) is 13.3. The quantitative estimate of drug-likeness (QED) is 0.453. The second-order valence-corrected chi connectivity index (χ2v) is 6.43. The van der Waals surface area contributed by atoms with E-state index in [1.54, 1.807) is 31.2 Å². The Labute approximate surface area is 159 Å². The van der Waals surface area contributed by atoms with Gasteiger partial charge in [0.1, 0.15) is 17.5 Å². The average molecular weight is 386 g/mol. The molecule has 0 amide bonds. The highest BCUT2D eigenvalue weighted by Crippen LogP contribution is 2.29. The Morgan fingerprint density at radius 1 is 0.821 bits per heavy atom. The summed E-state index contributed by atoms with van der Waals surface area (Å²) in [7, 11) is 0. The third-order valence-electron chi connectivity index (χ3n) is 4.42. The van der Waals surface area contributed by atoms with E-state index in [9.17, 15) is 23.3 Å². The number of benzene rings is 3. The summed E-state index contributed by atoms with van der Waals surface area (Å²) in [5.74, 6) is -1.81. The first-order valence-electron chi connectivity index (χ1n) is 8.55. The van der Waals surface area contributed by atoms with E-state index in [-0.39, 0.29) is 5.69 Å². The first-order valence-corrected chi connectivity index (χ1v) is 8.55. The lowest BCUT2D eigenvalue weighted by Gasteiger charge is -2.25. The molecule has 0 bridgehead atoms. The number of non-ortho nitro benzene ring substituents is 1. The molecule has 0 aliphatic rings. The molecule has 3 aromatic rings. The SMILES string of the molecule is CC(NC(c1ccc(F)cc1)c1cccc([N+](=O)[O-])c1)c1cc(F)cc(F)c1. The van der Waals surface area contributed by atoms with Crippen LogP contribution in [0.25, 0.3) is 0 Å². The maximum atomic E-state index is 13.6. The Morgan fingerprint density at radius 2 is 1.46 bits per heavy atom. The predicted octanol–water partition coefficient (Wildman–Crippen LogP) is 5.45. The van der Waals surface area contributed by atoms with Crippen molar-refractivity contribution in [1.29, 1.82) is 0 Å². The molecule has 28 heavy (non-hydrogen) atoms. The molecule has 0 spiro atoms. The second-order valence-electron chi connectivity index (χ2n) is 6.43. The van der Waals surface area contributed by atoms with Crippen molar-refractivity contribution in [2.24, 2.45) is 0 Å². The molecule has 0 saturated carbocycles. The lowest BCUT2D eigenvalue weighted by Crippen LogP contribution is -2.26. The summed E-state index contributed by atoms with van der Waals surface area (Å²) < 4.78 is 40.5. The van der Waals surface area contributed by atoms with Crippen LogP contribution < -0.4 is 5.32 Å². The van der Waals surface area contributed by atoms with Gasteiger partial charge >= 0.3 is 0 Å². The minimum absolute atomic E-state index is 0.0872. The van der Waals surface area contributed by atoms with E-state index in [0.717, 1.165) is 6.07 Å². The van der Waals surface area contributed by atoms with Gasteiger partial charge in [-0.25, -0.2) is 13.2 Å². The maximum absolute atomic E-state index is 13.6. The minimum Gasteiger partial charge on any atom is -0.300 e. The highest BCUT2D eigenvalue weighted by Gasteiger charge is 2.20. The van der Waals surface area contributed by atoms with Gasteiger partial charge < -0.3 is 0 Å². The zero-order valence-electron chi connectivity index (χ0n) is 14.9. The van der Waals surface area contributed by atoms with Gasteiger partial charge in [0.25, 0.3) is 5.69 Å². The van der Waals surface area contributed by atoms with Crippen molar-refractivity contribution >= 4 is 5.69 Å². The fraction of sp³-hybridized carbons (Fsp3) is 0.143. The highest BCUT2D eigenvalue weighted by atomic mass is 19.1. The van der Waals surface area contributed by atoms with E-state index in [1.165, 1.54) is 36.4 Å². The van der Waals surface area contributed by atoms with E-state index in [4.69, 9.17) is 0 Å². The molecule has 1 N–H and O–H groups in total. The van der Waals surface area contributed by atoms with Crippen LogP contribution in [0.3, 0.4) is 0 Å². The van der Waals surface area contributed by atoms with Gasteiger partial charge in [0.15, 0.2) is 0 Å². The van der Waals surface area contributed by atoms with Crippen LogP contribution in [0.5, 0.6) is 0 Å². The fourth-order valence-electron chi connectivity index (χ4n) is 3.03. The van der Waals surface area contributed by atoms with Crippen LogP contribution in [0.4, 0.5) is 18.9 Å². The molecule has 0 aliphatic heterocycles. The zero-order valence-corrected chi connectivity index (χ0v) is 14.9. The van der Waals surface area contributed by atoms with Gasteiger partial charge in [0.05, 0.1) is 11.0 Å². The van der Waals surface area contributed by atoms with Gasteiger partial charge in [-0.2, -0.15) is 0 Å². The summed E-state index contributed by atoms with van der Waals surface area (Å²) in [4.78, 5) is 10.6. The predicted molar refractivity (Wildman–Crippen MR) is 99.2 cm³/mol. The van der Waals surface area contributed by atoms with Crippen LogP contribution in [0.2, 0.25) is 0 Å². The Hall–Kier alpha value is -3.19. The van der Waals surface area contributed by atoms with E-state index in [0.29, 0.717) is 16.7 Å². The molecule has 144 valence electrons. The number of hydrogen-bond acceptors (Lipinski definition) is 3. The molecule has 2 unspecified atom stereocenters. The van der Waals surface area contributed by atoms with E-state index in [1.807, 2.05) is 0 Å². The first kappa shape index (κ1) is 19.6. The summed E-state index contributed by atoms with van der Waals surface area (Å²) in [6, 6.07) is 13.9. The maximum Gasteiger partial charge on any atom is 0.269 e. The number of hydrogen-bond donors (Lipinski definition) is 1. The normalized spacial score (nSPS) is 13.1. The Balaban J connectivity index is 2.00.